The number of carbonyl (C=O) groups is 3. The molecule has 2 atom stereocenters. The van der Waals surface area contributed by atoms with Crippen LogP contribution in [0.1, 0.15) is 46.6 Å². The Balaban J connectivity index is 2.40. The van der Waals surface area contributed by atoms with E-state index in [0.29, 0.717) is 0 Å². The molecule has 0 aliphatic heterocycles. The maximum atomic E-state index is 12.2. The zero-order valence-corrected chi connectivity index (χ0v) is 15.5. The van der Waals surface area contributed by atoms with Crippen molar-refractivity contribution in [1.29, 1.82) is 0 Å². The van der Waals surface area contributed by atoms with Crippen LogP contribution in [0.3, 0.4) is 0 Å². The summed E-state index contributed by atoms with van der Waals surface area (Å²) in [6.45, 7) is 8.63. The number of hydrogen-bond donors (Lipinski definition) is 1. The maximum Gasteiger partial charge on any atom is 0.408 e. The molecule has 0 unspecified atom stereocenters. The first-order chi connectivity index (χ1) is 11.6. The molecule has 6 heteroatoms. The highest BCUT2D eigenvalue weighted by Gasteiger charge is 2.26. The van der Waals surface area contributed by atoms with Gasteiger partial charge in [0.2, 0.25) is 0 Å². The summed E-state index contributed by atoms with van der Waals surface area (Å²) in [5, 5.41) is 2.48. The predicted octanol–water partition coefficient (Wildman–Crippen LogP) is 3.24. The Morgan fingerprint density at radius 1 is 1.08 bits per heavy atom. The summed E-state index contributed by atoms with van der Waals surface area (Å²) in [6.07, 6.45) is -0.677. The second-order valence-electron chi connectivity index (χ2n) is 7.03. The van der Waals surface area contributed by atoms with E-state index in [1.165, 1.54) is 0 Å². The van der Waals surface area contributed by atoms with Crippen LogP contribution in [0.15, 0.2) is 30.3 Å². The number of ether oxygens (including phenoxy) is 2. The summed E-state index contributed by atoms with van der Waals surface area (Å²) < 4.78 is 10.3. The SMILES string of the molecule is C[C@H](CC(=O)[C@H](C)NC(=O)OCc1ccccc1)C(=O)OC(C)(C)C. The van der Waals surface area contributed by atoms with Crippen LogP contribution in [0, 0.1) is 5.92 Å². The Hall–Kier alpha value is -2.37. The van der Waals surface area contributed by atoms with E-state index in [9.17, 15) is 14.4 Å². The van der Waals surface area contributed by atoms with Gasteiger partial charge in [0, 0.05) is 6.42 Å². The van der Waals surface area contributed by atoms with Gasteiger partial charge in [0.05, 0.1) is 12.0 Å². The number of esters is 1. The van der Waals surface area contributed by atoms with Gasteiger partial charge in [-0.05, 0) is 33.3 Å². The van der Waals surface area contributed by atoms with Crippen LogP contribution in [0.5, 0.6) is 0 Å². The van der Waals surface area contributed by atoms with E-state index in [2.05, 4.69) is 5.32 Å². The predicted molar refractivity (Wildman–Crippen MR) is 93.9 cm³/mol. The van der Waals surface area contributed by atoms with Crippen LogP contribution in [-0.4, -0.2) is 29.5 Å². The number of benzene rings is 1. The fourth-order valence-corrected chi connectivity index (χ4v) is 1.99. The topological polar surface area (TPSA) is 81.7 Å². The van der Waals surface area contributed by atoms with E-state index in [4.69, 9.17) is 9.47 Å². The third-order valence-corrected chi connectivity index (χ3v) is 3.35. The van der Waals surface area contributed by atoms with Gasteiger partial charge in [-0.2, -0.15) is 0 Å². The van der Waals surface area contributed by atoms with Gasteiger partial charge in [-0.25, -0.2) is 4.79 Å². The molecular weight excluding hydrogens is 322 g/mol. The number of rotatable bonds is 7. The van der Waals surface area contributed by atoms with Crippen LogP contribution in [0.2, 0.25) is 0 Å². The minimum Gasteiger partial charge on any atom is -0.460 e. The largest absolute Gasteiger partial charge is 0.460 e. The second kappa shape index (κ2) is 9.20. The molecule has 0 heterocycles. The number of nitrogens with one attached hydrogen (secondary N) is 1. The first kappa shape index (κ1) is 20.7. The van der Waals surface area contributed by atoms with E-state index < -0.39 is 29.6 Å². The first-order valence-electron chi connectivity index (χ1n) is 8.31. The maximum absolute atomic E-state index is 12.2. The van der Waals surface area contributed by atoms with Gasteiger partial charge in [-0.1, -0.05) is 37.3 Å². The van der Waals surface area contributed by atoms with Crippen molar-refractivity contribution < 1.29 is 23.9 Å². The lowest BCUT2D eigenvalue weighted by Gasteiger charge is -2.22. The van der Waals surface area contributed by atoms with Crippen LogP contribution >= 0.6 is 0 Å². The van der Waals surface area contributed by atoms with Gasteiger partial charge in [-0.15, -0.1) is 0 Å². The fraction of sp³-hybridized carbons (Fsp3) is 0.526. The molecule has 1 amide bonds. The zero-order chi connectivity index (χ0) is 19.0. The molecule has 0 aromatic heterocycles. The van der Waals surface area contributed by atoms with Crippen molar-refractivity contribution in [2.24, 2.45) is 5.92 Å². The molecule has 0 fully saturated rings. The van der Waals surface area contributed by atoms with Crippen molar-refractivity contribution >= 4 is 17.8 Å². The van der Waals surface area contributed by atoms with Crippen molar-refractivity contribution in [2.45, 2.75) is 59.3 Å². The molecule has 6 nitrogen and oxygen atoms in total. The average molecular weight is 349 g/mol. The normalized spacial score (nSPS) is 13.5. The van der Waals surface area contributed by atoms with E-state index in [0.717, 1.165) is 5.56 Å². The zero-order valence-electron chi connectivity index (χ0n) is 15.5. The van der Waals surface area contributed by atoms with Crippen LogP contribution in [0.4, 0.5) is 4.79 Å². The average Bonchev–Trinajstić information content (AvgIpc) is 2.52. The number of amides is 1. The highest BCUT2D eigenvalue weighted by Crippen LogP contribution is 2.14. The molecule has 0 saturated heterocycles. The van der Waals surface area contributed by atoms with Gasteiger partial charge >= 0.3 is 12.1 Å². The molecule has 1 N–H and O–H groups in total. The standard InChI is InChI=1S/C19H27NO5/c1-13(17(22)25-19(3,4)5)11-16(21)14(2)20-18(23)24-12-15-9-7-6-8-10-15/h6-10,13-14H,11-12H2,1-5H3,(H,20,23)/t13-,14+/m1/s1. The lowest BCUT2D eigenvalue weighted by atomic mass is 10.0. The molecule has 0 radical (unpaired) electrons. The summed E-state index contributed by atoms with van der Waals surface area (Å²) in [7, 11) is 0. The number of carbonyl (C=O) groups excluding carboxylic acids is 3. The number of ketones is 1. The Bertz CT molecular complexity index is 592. The van der Waals surface area contributed by atoms with Crippen molar-refractivity contribution in [3.63, 3.8) is 0 Å². The minimum atomic E-state index is -0.742. The summed E-state index contributed by atoms with van der Waals surface area (Å²) in [4.78, 5) is 35.8. The van der Waals surface area contributed by atoms with Crippen molar-refractivity contribution in [3.05, 3.63) is 35.9 Å². The van der Waals surface area contributed by atoms with E-state index >= 15 is 0 Å². The van der Waals surface area contributed by atoms with E-state index in [1.54, 1.807) is 34.6 Å². The van der Waals surface area contributed by atoms with Gasteiger partial charge in [0.1, 0.15) is 12.2 Å². The number of hydrogen-bond acceptors (Lipinski definition) is 5. The van der Waals surface area contributed by atoms with E-state index in [1.807, 2.05) is 30.3 Å². The van der Waals surface area contributed by atoms with Crippen LogP contribution < -0.4 is 5.32 Å². The summed E-state index contributed by atoms with van der Waals surface area (Å²) >= 11 is 0. The summed E-state index contributed by atoms with van der Waals surface area (Å²) in [5.41, 5.74) is 0.259. The molecule has 1 aromatic rings. The van der Waals surface area contributed by atoms with Gasteiger partial charge < -0.3 is 14.8 Å². The summed E-state index contributed by atoms with van der Waals surface area (Å²) in [6, 6.07) is 8.50. The third-order valence-electron chi connectivity index (χ3n) is 3.35. The quantitative estimate of drug-likeness (QED) is 0.764. The highest BCUT2D eigenvalue weighted by molar-refractivity contribution is 5.90. The van der Waals surface area contributed by atoms with Gasteiger partial charge in [0.15, 0.2) is 5.78 Å². The molecule has 0 spiro atoms. The Labute approximate surface area is 148 Å². The van der Waals surface area contributed by atoms with Crippen molar-refractivity contribution in [2.75, 3.05) is 0 Å². The molecule has 1 aromatic carbocycles. The number of alkyl carbamates (subject to hydrolysis) is 1. The molecule has 0 aliphatic carbocycles. The third kappa shape index (κ3) is 8.33. The molecule has 0 bridgehead atoms. The van der Waals surface area contributed by atoms with Gasteiger partial charge in [-0.3, -0.25) is 9.59 Å². The van der Waals surface area contributed by atoms with Gasteiger partial charge in [0.25, 0.3) is 0 Å². The number of Topliss-reactive ketones (excluding diaryl/α,β-unsaturated/α-hetero) is 1. The Morgan fingerprint density at radius 3 is 2.24 bits per heavy atom. The minimum absolute atomic E-state index is 0.00492. The lowest BCUT2D eigenvalue weighted by Crippen LogP contribution is -2.40. The lowest BCUT2D eigenvalue weighted by molar-refractivity contribution is -0.160. The molecular formula is C19H27NO5. The Morgan fingerprint density at radius 2 is 1.68 bits per heavy atom. The molecule has 1 rings (SSSR count). The molecule has 0 aliphatic rings. The smallest absolute Gasteiger partial charge is 0.408 e. The first-order valence-corrected chi connectivity index (χ1v) is 8.31. The highest BCUT2D eigenvalue weighted by atomic mass is 16.6. The molecule has 138 valence electrons. The fourth-order valence-electron chi connectivity index (χ4n) is 1.99. The van der Waals surface area contributed by atoms with Crippen molar-refractivity contribution in [3.8, 4) is 0 Å². The Kier molecular flexibility index (Phi) is 7.61. The van der Waals surface area contributed by atoms with Crippen molar-refractivity contribution in [1.82, 2.24) is 5.32 Å². The monoisotopic (exact) mass is 349 g/mol. The molecule has 25 heavy (non-hydrogen) atoms. The van der Waals surface area contributed by atoms with Crippen LogP contribution in [0.25, 0.3) is 0 Å². The second-order valence-corrected chi connectivity index (χ2v) is 7.03. The van der Waals surface area contributed by atoms with Crippen LogP contribution in [-0.2, 0) is 25.7 Å². The summed E-state index contributed by atoms with van der Waals surface area (Å²) in [5.74, 6) is -1.26. The van der Waals surface area contributed by atoms with E-state index in [-0.39, 0.29) is 18.8 Å². The molecule has 0 saturated carbocycles.